The van der Waals surface area contributed by atoms with Crippen LogP contribution in [0, 0.1) is 0 Å². The molecule has 4 rings (SSSR count). The minimum atomic E-state index is 0.150. The molecule has 30 heavy (non-hydrogen) atoms. The highest BCUT2D eigenvalue weighted by molar-refractivity contribution is 5.81. The van der Waals surface area contributed by atoms with Crippen molar-refractivity contribution in [1.29, 1.82) is 0 Å². The number of nitrogens with zero attached hydrogens (tertiary/aromatic N) is 4. The van der Waals surface area contributed by atoms with E-state index in [1.54, 1.807) is 14.2 Å². The van der Waals surface area contributed by atoms with Crippen LogP contribution in [-0.2, 0) is 6.61 Å². The predicted molar refractivity (Wildman–Crippen MR) is 115 cm³/mol. The summed E-state index contributed by atoms with van der Waals surface area (Å²) < 4.78 is 18.8. The largest absolute Gasteiger partial charge is 0.497 e. The Kier molecular flexibility index (Phi) is 5.52. The van der Waals surface area contributed by atoms with E-state index >= 15 is 0 Å². The second kappa shape index (κ2) is 8.41. The maximum Gasteiger partial charge on any atom is 0.245 e. The van der Waals surface area contributed by atoms with E-state index in [-0.39, 0.29) is 6.04 Å². The molecule has 0 saturated heterocycles. The van der Waals surface area contributed by atoms with Crippen LogP contribution in [0.3, 0.4) is 0 Å². The summed E-state index contributed by atoms with van der Waals surface area (Å²) in [5.41, 5.74) is 3.29. The topological polar surface area (TPSA) is 71.3 Å². The summed E-state index contributed by atoms with van der Waals surface area (Å²) in [6.07, 6.45) is 1.51. The van der Waals surface area contributed by atoms with E-state index in [2.05, 4.69) is 28.4 Å². The lowest BCUT2D eigenvalue weighted by molar-refractivity contribution is 0.296. The second-order valence-corrected chi connectivity index (χ2v) is 7.12. The van der Waals surface area contributed by atoms with E-state index in [1.165, 1.54) is 6.33 Å². The Bertz CT molecular complexity index is 1170. The molecule has 0 radical (unpaired) electrons. The maximum absolute atomic E-state index is 6.03. The lowest BCUT2D eigenvalue weighted by atomic mass is 10.2. The van der Waals surface area contributed by atoms with Crippen LogP contribution in [0.2, 0.25) is 0 Å². The van der Waals surface area contributed by atoms with Gasteiger partial charge in [0, 0.05) is 11.6 Å². The van der Waals surface area contributed by atoms with E-state index in [4.69, 9.17) is 19.2 Å². The molecule has 2 aromatic heterocycles. The SMILES string of the molecule is COc1cccc(COc2ncnc3c2nc(-c2cccc(OC)c2)n3C(C)C)c1. The van der Waals surface area contributed by atoms with Gasteiger partial charge < -0.3 is 18.8 Å². The smallest absolute Gasteiger partial charge is 0.245 e. The van der Waals surface area contributed by atoms with Gasteiger partial charge in [-0.3, -0.25) is 0 Å². The molecule has 154 valence electrons. The van der Waals surface area contributed by atoms with Gasteiger partial charge in [-0.25, -0.2) is 9.97 Å². The molecule has 7 nitrogen and oxygen atoms in total. The van der Waals surface area contributed by atoms with Gasteiger partial charge in [-0.15, -0.1) is 0 Å². The number of hydrogen-bond acceptors (Lipinski definition) is 6. The van der Waals surface area contributed by atoms with Crippen LogP contribution >= 0.6 is 0 Å². The third kappa shape index (κ3) is 3.78. The number of imidazole rings is 1. The molecular weight excluding hydrogens is 380 g/mol. The molecule has 0 fully saturated rings. The summed E-state index contributed by atoms with van der Waals surface area (Å²) in [6.45, 7) is 4.56. The maximum atomic E-state index is 6.03. The van der Waals surface area contributed by atoms with Gasteiger partial charge in [0.25, 0.3) is 0 Å². The van der Waals surface area contributed by atoms with Crippen molar-refractivity contribution in [1.82, 2.24) is 19.5 Å². The summed E-state index contributed by atoms with van der Waals surface area (Å²) in [5, 5.41) is 0. The highest BCUT2D eigenvalue weighted by atomic mass is 16.5. The summed E-state index contributed by atoms with van der Waals surface area (Å²) >= 11 is 0. The van der Waals surface area contributed by atoms with E-state index < -0.39 is 0 Å². The van der Waals surface area contributed by atoms with E-state index in [0.29, 0.717) is 18.0 Å². The molecule has 7 heteroatoms. The van der Waals surface area contributed by atoms with Crippen molar-refractivity contribution >= 4 is 11.2 Å². The van der Waals surface area contributed by atoms with Crippen molar-refractivity contribution in [2.45, 2.75) is 26.5 Å². The summed E-state index contributed by atoms with van der Waals surface area (Å²) in [6, 6.07) is 15.7. The molecule has 2 heterocycles. The van der Waals surface area contributed by atoms with Crippen molar-refractivity contribution < 1.29 is 14.2 Å². The number of hydrogen-bond donors (Lipinski definition) is 0. The summed E-state index contributed by atoms with van der Waals surface area (Å²) in [4.78, 5) is 13.7. The molecule has 0 aliphatic carbocycles. The molecule has 0 aliphatic heterocycles. The molecule has 0 aliphatic rings. The average Bonchev–Trinajstić information content (AvgIpc) is 3.18. The number of aromatic nitrogens is 4. The highest BCUT2D eigenvalue weighted by Crippen LogP contribution is 2.32. The first-order valence-corrected chi connectivity index (χ1v) is 9.73. The van der Waals surface area contributed by atoms with Gasteiger partial charge in [0.2, 0.25) is 5.88 Å². The fraction of sp³-hybridized carbons (Fsp3) is 0.261. The third-order valence-corrected chi connectivity index (χ3v) is 4.80. The minimum Gasteiger partial charge on any atom is -0.497 e. The fourth-order valence-corrected chi connectivity index (χ4v) is 3.36. The predicted octanol–water partition coefficient (Wildman–Crippen LogP) is 4.67. The zero-order valence-electron chi connectivity index (χ0n) is 17.5. The van der Waals surface area contributed by atoms with Crippen molar-refractivity contribution in [3.05, 3.63) is 60.4 Å². The minimum absolute atomic E-state index is 0.150. The first-order chi connectivity index (χ1) is 14.6. The van der Waals surface area contributed by atoms with Crippen LogP contribution < -0.4 is 14.2 Å². The molecule has 0 amide bonds. The summed E-state index contributed by atoms with van der Waals surface area (Å²) in [7, 11) is 3.30. The zero-order chi connectivity index (χ0) is 21.1. The molecule has 2 aromatic carbocycles. The van der Waals surface area contributed by atoms with Crippen LogP contribution in [0.5, 0.6) is 17.4 Å². The van der Waals surface area contributed by atoms with Gasteiger partial charge in [0.05, 0.1) is 14.2 Å². The lowest BCUT2D eigenvalue weighted by Gasteiger charge is -2.13. The number of rotatable bonds is 7. The average molecular weight is 404 g/mol. The number of ether oxygens (including phenoxy) is 3. The Morgan fingerprint density at radius 3 is 2.40 bits per heavy atom. The molecule has 4 aromatic rings. The molecule has 0 unspecified atom stereocenters. The first-order valence-electron chi connectivity index (χ1n) is 9.73. The number of methoxy groups -OCH3 is 2. The molecular formula is C23H24N4O3. The normalized spacial score (nSPS) is 11.1. The Morgan fingerprint density at radius 1 is 0.933 bits per heavy atom. The first kappa shape index (κ1) is 19.7. The Hall–Kier alpha value is -3.61. The Balaban J connectivity index is 1.75. The fourth-order valence-electron chi connectivity index (χ4n) is 3.36. The van der Waals surface area contributed by atoms with Crippen molar-refractivity contribution in [3.8, 4) is 28.8 Å². The van der Waals surface area contributed by atoms with Crippen molar-refractivity contribution in [3.63, 3.8) is 0 Å². The third-order valence-electron chi connectivity index (χ3n) is 4.80. The van der Waals surface area contributed by atoms with E-state index in [0.717, 1.165) is 34.1 Å². The van der Waals surface area contributed by atoms with Gasteiger partial charge in [-0.05, 0) is 43.7 Å². The molecule has 0 N–H and O–H groups in total. The van der Waals surface area contributed by atoms with Gasteiger partial charge in [-0.2, -0.15) is 4.98 Å². The molecule has 0 spiro atoms. The van der Waals surface area contributed by atoms with Crippen LogP contribution in [0.1, 0.15) is 25.5 Å². The number of benzene rings is 2. The molecule has 0 bridgehead atoms. The molecule has 0 atom stereocenters. The van der Waals surface area contributed by atoms with Gasteiger partial charge >= 0.3 is 0 Å². The van der Waals surface area contributed by atoms with E-state index in [9.17, 15) is 0 Å². The van der Waals surface area contributed by atoms with Crippen molar-refractivity contribution in [2.24, 2.45) is 0 Å². The summed E-state index contributed by atoms with van der Waals surface area (Å²) in [5.74, 6) is 2.81. The highest BCUT2D eigenvalue weighted by Gasteiger charge is 2.20. The zero-order valence-corrected chi connectivity index (χ0v) is 17.5. The van der Waals surface area contributed by atoms with Crippen LogP contribution in [-0.4, -0.2) is 33.7 Å². The quantitative estimate of drug-likeness (QED) is 0.446. The second-order valence-electron chi connectivity index (χ2n) is 7.12. The van der Waals surface area contributed by atoms with Crippen LogP contribution in [0.15, 0.2) is 54.9 Å². The van der Waals surface area contributed by atoms with Crippen molar-refractivity contribution in [2.75, 3.05) is 14.2 Å². The Morgan fingerprint density at radius 2 is 1.67 bits per heavy atom. The monoisotopic (exact) mass is 404 g/mol. The van der Waals surface area contributed by atoms with Gasteiger partial charge in [-0.1, -0.05) is 24.3 Å². The van der Waals surface area contributed by atoms with Crippen LogP contribution in [0.25, 0.3) is 22.6 Å². The molecule has 0 saturated carbocycles. The lowest BCUT2D eigenvalue weighted by Crippen LogP contribution is -2.04. The van der Waals surface area contributed by atoms with Crippen LogP contribution in [0.4, 0.5) is 0 Å². The number of fused-ring (bicyclic) bond motifs is 1. The van der Waals surface area contributed by atoms with Gasteiger partial charge in [0.1, 0.15) is 30.3 Å². The van der Waals surface area contributed by atoms with Gasteiger partial charge in [0.15, 0.2) is 11.2 Å². The Labute approximate surface area is 175 Å². The standard InChI is InChI=1S/C23H24N4O3/c1-15(2)27-21(17-8-6-10-19(12-17)29-4)26-20-22(27)24-14-25-23(20)30-13-16-7-5-9-18(11-16)28-3/h5-12,14-15H,13H2,1-4H3. The van der Waals surface area contributed by atoms with E-state index in [1.807, 2.05) is 48.5 Å².